The summed E-state index contributed by atoms with van der Waals surface area (Å²) >= 11 is 0. The maximum absolute atomic E-state index is 5.09. The zero-order chi connectivity index (χ0) is 11.0. The molecule has 2 aliphatic heterocycles. The standard InChI is InChI=1S/C12H19N3O/c1-15-10-2-3-11(15)7-9(6-10)13-8-12-4-5-14-16-12/h4-5,9-11,13H,2-3,6-8H2,1H3. The van der Waals surface area contributed by atoms with Crippen molar-refractivity contribution in [1.82, 2.24) is 15.4 Å². The molecule has 2 fully saturated rings. The van der Waals surface area contributed by atoms with Crippen molar-refractivity contribution in [2.45, 2.75) is 50.4 Å². The van der Waals surface area contributed by atoms with Gasteiger partial charge in [-0.25, -0.2) is 0 Å². The number of rotatable bonds is 3. The summed E-state index contributed by atoms with van der Waals surface area (Å²) in [5.41, 5.74) is 0. The largest absolute Gasteiger partial charge is 0.360 e. The van der Waals surface area contributed by atoms with Gasteiger partial charge in [0.2, 0.25) is 0 Å². The first-order valence-electron chi connectivity index (χ1n) is 6.18. The fourth-order valence-corrected chi connectivity index (χ4v) is 3.16. The molecule has 0 spiro atoms. The first-order chi connectivity index (χ1) is 7.83. The third-order valence-corrected chi connectivity index (χ3v) is 4.15. The molecule has 2 aliphatic rings. The van der Waals surface area contributed by atoms with Crippen molar-refractivity contribution in [2.75, 3.05) is 7.05 Å². The van der Waals surface area contributed by atoms with Gasteiger partial charge < -0.3 is 14.7 Å². The highest BCUT2D eigenvalue weighted by molar-refractivity contribution is 4.98. The maximum atomic E-state index is 5.09. The van der Waals surface area contributed by atoms with Crippen molar-refractivity contribution in [2.24, 2.45) is 0 Å². The average molecular weight is 221 g/mol. The SMILES string of the molecule is CN1C2CCC1CC(NCc1ccno1)C2. The summed E-state index contributed by atoms with van der Waals surface area (Å²) in [7, 11) is 2.27. The fourth-order valence-electron chi connectivity index (χ4n) is 3.16. The van der Waals surface area contributed by atoms with Crippen molar-refractivity contribution in [3.63, 3.8) is 0 Å². The topological polar surface area (TPSA) is 41.3 Å². The number of piperidine rings is 1. The maximum Gasteiger partial charge on any atom is 0.150 e. The molecule has 0 aromatic carbocycles. The Kier molecular flexibility index (Phi) is 2.69. The summed E-state index contributed by atoms with van der Waals surface area (Å²) in [5.74, 6) is 0.936. The molecule has 4 nitrogen and oxygen atoms in total. The molecule has 2 atom stereocenters. The van der Waals surface area contributed by atoms with Crippen LogP contribution in [-0.4, -0.2) is 35.2 Å². The summed E-state index contributed by atoms with van der Waals surface area (Å²) in [4.78, 5) is 2.56. The van der Waals surface area contributed by atoms with Crippen LogP contribution in [0.2, 0.25) is 0 Å². The first kappa shape index (κ1) is 10.3. The normalized spacial score (nSPS) is 34.4. The van der Waals surface area contributed by atoms with E-state index < -0.39 is 0 Å². The van der Waals surface area contributed by atoms with Gasteiger partial charge in [-0.1, -0.05) is 5.16 Å². The lowest BCUT2D eigenvalue weighted by Crippen LogP contribution is -2.46. The fraction of sp³-hybridized carbons (Fsp3) is 0.750. The minimum atomic E-state index is 0.652. The predicted molar refractivity (Wildman–Crippen MR) is 60.9 cm³/mol. The van der Waals surface area contributed by atoms with Gasteiger partial charge in [0.25, 0.3) is 0 Å². The zero-order valence-corrected chi connectivity index (χ0v) is 9.72. The van der Waals surface area contributed by atoms with Gasteiger partial charge in [0, 0.05) is 24.2 Å². The molecular formula is C12H19N3O. The van der Waals surface area contributed by atoms with Crippen LogP contribution >= 0.6 is 0 Å². The van der Waals surface area contributed by atoms with Crippen molar-refractivity contribution >= 4 is 0 Å². The first-order valence-corrected chi connectivity index (χ1v) is 6.18. The molecule has 88 valence electrons. The van der Waals surface area contributed by atoms with Gasteiger partial charge in [0.05, 0.1) is 12.7 Å². The van der Waals surface area contributed by atoms with Crippen LogP contribution in [0, 0.1) is 0 Å². The van der Waals surface area contributed by atoms with Crippen molar-refractivity contribution in [1.29, 1.82) is 0 Å². The Labute approximate surface area is 96.0 Å². The minimum Gasteiger partial charge on any atom is -0.360 e. The van der Waals surface area contributed by atoms with E-state index in [0.29, 0.717) is 6.04 Å². The molecule has 4 heteroatoms. The van der Waals surface area contributed by atoms with Gasteiger partial charge in [-0.3, -0.25) is 0 Å². The smallest absolute Gasteiger partial charge is 0.150 e. The molecule has 2 saturated heterocycles. The monoisotopic (exact) mass is 221 g/mol. The molecule has 0 saturated carbocycles. The highest BCUT2D eigenvalue weighted by atomic mass is 16.5. The van der Waals surface area contributed by atoms with Crippen LogP contribution in [-0.2, 0) is 6.54 Å². The number of hydrogen-bond donors (Lipinski definition) is 1. The highest BCUT2D eigenvalue weighted by Gasteiger charge is 2.38. The van der Waals surface area contributed by atoms with E-state index in [1.165, 1.54) is 25.7 Å². The Hall–Kier alpha value is -0.870. The molecule has 3 rings (SSSR count). The van der Waals surface area contributed by atoms with E-state index in [1.54, 1.807) is 6.20 Å². The zero-order valence-electron chi connectivity index (χ0n) is 9.72. The number of nitrogens with zero attached hydrogens (tertiary/aromatic N) is 2. The lowest BCUT2D eigenvalue weighted by atomic mass is 9.98. The van der Waals surface area contributed by atoms with Gasteiger partial charge in [-0.2, -0.15) is 0 Å². The Bertz CT molecular complexity index is 324. The molecule has 2 unspecified atom stereocenters. The molecule has 2 bridgehead atoms. The lowest BCUT2D eigenvalue weighted by Gasteiger charge is -2.36. The van der Waals surface area contributed by atoms with E-state index in [9.17, 15) is 0 Å². The van der Waals surface area contributed by atoms with E-state index >= 15 is 0 Å². The summed E-state index contributed by atoms with van der Waals surface area (Å²) < 4.78 is 5.09. The quantitative estimate of drug-likeness (QED) is 0.837. The van der Waals surface area contributed by atoms with Crippen LogP contribution in [0.3, 0.4) is 0 Å². The van der Waals surface area contributed by atoms with Crippen LogP contribution in [0.5, 0.6) is 0 Å². The summed E-state index contributed by atoms with van der Waals surface area (Å²) in [6.45, 7) is 0.813. The second kappa shape index (κ2) is 4.18. The van der Waals surface area contributed by atoms with Crippen LogP contribution in [0.15, 0.2) is 16.8 Å². The number of aromatic nitrogens is 1. The van der Waals surface area contributed by atoms with Crippen molar-refractivity contribution < 1.29 is 4.52 Å². The lowest BCUT2D eigenvalue weighted by molar-refractivity contribution is 0.146. The third kappa shape index (κ3) is 1.87. The second-order valence-corrected chi connectivity index (χ2v) is 5.08. The molecule has 3 heterocycles. The van der Waals surface area contributed by atoms with Gasteiger partial charge >= 0.3 is 0 Å². The van der Waals surface area contributed by atoms with E-state index in [0.717, 1.165) is 24.4 Å². The summed E-state index contributed by atoms with van der Waals surface area (Å²) in [6.07, 6.45) is 7.01. The van der Waals surface area contributed by atoms with E-state index in [1.807, 2.05) is 6.07 Å². The average Bonchev–Trinajstić information content (AvgIpc) is 2.84. The summed E-state index contributed by atoms with van der Waals surface area (Å²) in [6, 6.07) is 4.17. The molecule has 0 amide bonds. The molecule has 1 aromatic rings. The molecule has 1 N–H and O–H groups in total. The van der Waals surface area contributed by atoms with E-state index in [4.69, 9.17) is 4.52 Å². The number of hydrogen-bond acceptors (Lipinski definition) is 4. The number of nitrogens with one attached hydrogen (secondary N) is 1. The van der Waals surface area contributed by atoms with E-state index in [-0.39, 0.29) is 0 Å². The van der Waals surface area contributed by atoms with Gasteiger partial charge in [0.15, 0.2) is 0 Å². The molecule has 16 heavy (non-hydrogen) atoms. The van der Waals surface area contributed by atoms with Gasteiger partial charge in [-0.05, 0) is 32.7 Å². The van der Waals surface area contributed by atoms with Crippen LogP contribution in [0.4, 0.5) is 0 Å². The summed E-state index contributed by atoms with van der Waals surface area (Å²) in [5, 5.41) is 7.30. The van der Waals surface area contributed by atoms with Gasteiger partial charge in [-0.15, -0.1) is 0 Å². The Morgan fingerprint density at radius 1 is 1.44 bits per heavy atom. The molecule has 0 radical (unpaired) electrons. The van der Waals surface area contributed by atoms with Gasteiger partial charge in [0.1, 0.15) is 5.76 Å². The van der Waals surface area contributed by atoms with Crippen molar-refractivity contribution in [3.8, 4) is 0 Å². The molecular weight excluding hydrogens is 202 g/mol. The van der Waals surface area contributed by atoms with Crippen LogP contribution in [0.25, 0.3) is 0 Å². The third-order valence-electron chi connectivity index (χ3n) is 4.15. The van der Waals surface area contributed by atoms with Crippen LogP contribution in [0.1, 0.15) is 31.4 Å². The van der Waals surface area contributed by atoms with Crippen molar-refractivity contribution in [3.05, 3.63) is 18.0 Å². The second-order valence-electron chi connectivity index (χ2n) is 5.08. The number of fused-ring (bicyclic) bond motifs is 2. The Morgan fingerprint density at radius 3 is 2.81 bits per heavy atom. The van der Waals surface area contributed by atoms with Crippen LogP contribution < -0.4 is 5.32 Å². The molecule has 1 aromatic heterocycles. The predicted octanol–water partition coefficient (Wildman–Crippen LogP) is 1.39. The van der Waals surface area contributed by atoms with E-state index in [2.05, 4.69) is 22.4 Å². The Balaban J connectivity index is 1.54. The molecule has 0 aliphatic carbocycles. The minimum absolute atomic E-state index is 0.652. The Morgan fingerprint density at radius 2 is 2.19 bits per heavy atom. The highest BCUT2D eigenvalue weighted by Crippen LogP contribution is 2.34.